The van der Waals surface area contributed by atoms with Crippen molar-refractivity contribution in [3.63, 3.8) is 0 Å². The summed E-state index contributed by atoms with van der Waals surface area (Å²) in [5.41, 5.74) is 8.93. The van der Waals surface area contributed by atoms with Crippen molar-refractivity contribution in [3.8, 4) is 0 Å². The summed E-state index contributed by atoms with van der Waals surface area (Å²) in [6, 6.07) is 0. The van der Waals surface area contributed by atoms with Crippen LogP contribution in [-0.2, 0) is 43.9 Å². The smallest absolute Gasteiger partial charge is 0.397 e. The number of phosphoric acid groups is 1. The Balaban J connectivity index is 1.77. The van der Waals surface area contributed by atoms with E-state index in [0.717, 1.165) is 24.5 Å². The van der Waals surface area contributed by atoms with E-state index in [9.17, 15) is 44.0 Å². The maximum Gasteiger partial charge on any atom is 0.481 e. The van der Waals surface area contributed by atoms with Gasteiger partial charge in [0.15, 0.2) is 18.6 Å². The molecule has 0 aliphatic carbocycles. The molecule has 43 heavy (non-hydrogen) atoms. The van der Waals surface area contributed by atoms with Crippen LogP contribution in [0.25, 0.3) is 0 Å². The van der Waals surface area contributed by atoms with Gasteiger partial charge in [-0.3, -0.25) is 9.32 Å². The molecule has 7 unspecified atom stereocenters. The van der Waals surface area contributed by atoms with E-state index in [0.29, 0.717) is 0 Å². The number of rotatable bonds is 13. The van der Waals surface area contributed by atoms with Crippen LogP contribution in [0.1, 0.15) is 21.3 Å². The lowest BCUT2D eigenvalue weighted by atomic mass is 9.86. The third-order valence-electron chi connectivity index (χ3n) is 6.60. The van der Waals surface area contributed by atoms with Crippen LogP contribution in [0.15, 0.2) is 18.0 Å². The van der Waals surface area contributed by atoms with Gasteiger partial charge in [-0.25, -0.2) is 17.7 Å². The fourth-order valence-corrected chi connectivity index (χ4v) is 8.32. The van der Waals surface area contributed by atoms with Crippen molar-refractivity contribution in [1.29, 1.82) is 0 Å². The molecule has 2 aliphatic heterocycles. The van der Waals surface area contributed by atoms with Gasteiger partial charge in [0.05, 0.1) is 12.3 Å². The molecule has 0 aromatic carbocycles. The highest BCUT2D eigenvalue weighted by Crippen LogP contribution is 2.63. The first-order valence-corrected chi connectivity index (χ1v) is 16.8. The lowest BCUT2D eigenvalue weighted by molar-refractivity contribution is -0.287. The number of alkyl halides is 2. The monoisotopic (exact) mass is 702 g/mol. The van der Waals surface area contributed by atoms with Crippen LogP contribution in [0.4, 0.5) is 14.5 Å². The Morgan fingerprint density at radius 2 is 1.93 bits per heavy atom. The predicted octanol–water partition coefficient (Wildman–Crippen LogP) is -1.40. The van der Waals surface area contributed by atoms with Crippen molar-refractivity contribution in [1.82, 2.24) is 0 Å². The number of hydrogen-bond acceptors (Lipinski definition) is 16. The molecule has 0 bridgehead atoms. The molecule has 1 aromatic rings. The van der Waals surface area contributed by atoms with Crippen LogP contribution in [0, 0.1) is 0 Å². The molecule has 3 rings (SSSR count). The molecule has 0 radical (unpaired) electrons. The number of aliphatic hydroxyl groups excluding tert-OH is 5. The SMILES string of the molecule is C=C[C@]1(OC)[C@H](c2csc(C(N)=O)c2N)O[C@](F)(COP(O)(=S)OP(=O)(O)OC2OC([C@@H](F)CO)C(O)C(O)C2O)[C@H]1O. The number of ether oxygens (including phenoxy) is 3. The average Bonchev–Trinajstić information content (AvgIpc) is 3.41. The van der Waals surface area contributed by atoms with E-state index in [-0.39, 0.29) is 16.1 Å². The zero-order chi connectivity index (χ0) is 32.7. The maximum absolute atomic E-state index is 16.1. The Labute approximate surface area is 251 Å². The molecule has 3 heterocycles. The molecule has 2 aliphatic rings. The predicted molar refractivity (Wildman–Crippen MR) is 144 cm³/mol. The molecule has 246 valence electrons. The van der Waals surface area contributed by atoms with E-state index >= 15 is 4.39 Å². The number of halogens is 2. The summed E-state index contributed by atoms with van der Waals surface area (Å²) in [4.78, 5) is 32.0. The summed E-state index contributed by atoms with van der Waals surface area (Å²) in [5.74, 6) is -4.20. The number of nitrogens with two attached hydrogens (primary N) is 2. The van der Waals surface area contributed by atoms with Gasteiger partial charge in [0, 0.05) is 12.7 Å². The second-order valence-corrected chi connectivity index (χ2v) is 14.5. The molecule has 12 atom stereocenters. The molecule has 0 spiro atoms. The third kappa shape index (κ3) is 7.18. The molecular weight excluding hydrogens is 672 g/mol. The van der Waals surface area contributed by atoms with Gasteiger partial charge in [0.1, 0.15) is 47.6 Å². The molecule has 1 amide bonds. The second kappa shape index (κ2) is 13.3. The molecule has 17 nitrogen and oxygen atoms in total. The van der Waals surface area contributed by atoms with E-state index in [2.05, 4.69) is 27.2 Å². The number of carbonyl (C=O) groups is 1. The summed E-state index contributed by atoms with van der Waals surface area (Å²) in [6.45, 7) is -4.17. The van der Waals surface area contributed by atoms with Gasteiger partial charge in [0.2, 0.25) is 0 Å². The first-order chi connectivity index (χ1) is 19.8. The summed E-state index contributed by atoms with van der Waals surface area (Å²) in [5, 5.41) is 50.9. The third-order valence-corrected chi connectivity index (χ3v) is 11.1. The first-order valence-electron chi connectivity index (χ1n) is 11.8. The van der Waals surface area contributed by atoms with Gasteiger partial charge in [-0.1, -0.05) is 6.08 Å². The van der Waals surface area contributed by atoms with Crippen LogP contribution in [0.3, 0.4) is 0 Å². The van der Waals surface area contributed by atoms with Crippen molar-refractivity contribution >= 4 is 49.3 Å². The van der Waals surface area contributed by atoms with Crippen molar-refractivity contribution in [2.24, 2.45) is 5.73 Å². The molecule has 1 aromatic heterocycles. The highest BCUT2D eigenvalue weighted by Gasteiger charge is 2.65. The fourth-order valence-electron chi connectivity index (χ4n) is 4.38. The van der Waals surface area contributed by atoms with Gasteiger partial charge >= 0.3 is 14.5 Å². The van der Waals surface area contributed by atoms with Crippen molar-refractivity contribution in [3.05, 3.63) is 28.5 Å². The van der Waals surface area contributed by atoms with Crippen LogP contribution in [0.2, 0.25) is 0 Å². The Hall–Kier alpha value is -1.07. The Morgan fingerprint density at radius 3 is 2.44 bits per heavy atom. The summed E-state index contributed by atoms with van der Waals surface area (Å²) < 4.78 is 71.8. The van der Waals surface area contributed by atoms with Crippen molar-refractivity contribution in [2.45, 2.75) is 60.5 Å². The molecule has 2 fully saturated rings. The van der Waals surface area contributed by atoms with E-state index in [1.54, 1.807) is 0 Å². The average molecular weight is 703 g/mol. The minimum absolute atomic E-state index is 0.0274. The minimum Gasteiger partial charge on any atom is -0.397 e. The topological polar surface area (TPSA) is 283 Å². The lowest BCUT2D eigenvalue weighted by Gasteiger charge is -2.41. The van der Waals surface area contributed by atoms with Crippen LogP contribution in [-0.4, -0.2) is 116 Å². The normalized spacial score (nSPS) is 38.2. The number of carbonyl (C=O) groups excluding carboxylic acids is 1. The Kier molecular flexibility index (Phi) is 11.3. The van der Waals surface area contributed by atoms with Gasteiger partial charge < -0.3 is 65.5 Å². The van der Waals surface area contributed by atoms with Crippen LogP contribution >= 0.6 is 25.9 Å². The zero-order valence-electron chi connectivity index (χ0n) is 21.9. The molecule has 2 saturated heterocycles. The molecule has 0 saturated carbocycles. The Bertz CT molecular complexity index is 1300. The van der Waals surface area contributed by atoms with E-state index in [1.165, 1.54) is 5.38 Å². The number of thiophene rings is 1. The van der Waals surface area contributed by atoms with Gasteiger partial charge in [-0.05, 0) is 17.2 Å². The summed E-state index contributed by atoms with van der Waals surface area (Å²) in [6.07, 6.45) is -16.2. The highest BCUT2D eigenvalue weighted by atomic mass is 32.5. The quantitative estimate of drug-likeness (QED) is 0.0844. The highest BCUT2D eigenvalue weighted by molar-refractivity contribution is 8.08. The standard InChI is InChI=1S/C20H30F2N2O15P2S2/c1-3-19(34-2)15(7-5-43-14(9(7)23)16(24)29)37-20(22,18(19)30)6-35-41(33,42)39-40(31,32)38-17-12(28)10(26)11(27)13(36-17)8(21)4-25/h3,5,8,10-13,15,17-18,25-28,30H,1,4,6,23H2,2H3,(H2,24,29)(H,31,32)(H,33,42)/t8-,10?,11?,12?,13?,15-,17?,18-,19-,20+,41?/m0/s1. The lowest BCUT2D eigenvalue weighted by Crippen LogP contribution is -2.60. The fraction of sp³-hybridized carbons (Fsp3) is 0.650. The van der Waals surface area contributed by atoms with E-state index in [4.69, 9.17) is 35.3 Å². The van der Waals surface area contributed by atoms with Crippen molar-refractivity contribution in [2.75, 3.05) is 26.1 Å². The van der Waals surface area contributed by atoms with Gasteiger partial charge in [0.25, 0.3) is 11.8 Å². The maximum atomic E-state index is 16.1. The number of methoxy groups -OCH3 is 1. The van der Waals surface area contributed by atoms with Crippen LogP contribution < -0.4 is 11.5 Å². The van der Waals surface area contributed by atoms with Gasteiger partial charge in [-0.2, -0.15) is 0 Å². The summed E-state index contributed by atoms with van der Waals surface area (Å²) in [7, 11) is -4.59. The van der Waals surface area contributed by atoms with E-state index in [1.807, 2.05) is 0 Å². The number of anilines is 1. The largest absolute Gasteiger partial charge is 0.481 e. The van der Waals surface area contributed by atoms with E-state index < -0.39 is 94.2 Å². The number of aliphatic hydroxyl groups is 5. The van der Waals surface area contributed by atoms with Gasteiger partial charge in [-0.15, -0.1) is 17.9 Å². The minimum atomic E-state index is -5.66. The Morgan fingerprint density at radius 1 is 1.30 bits per heavy atom. The second-order valence-electron chi connectivity index (χ2n) is 9.28. The van der Waals surface area contributed by atoms with Crippen molar-refractivity contribution < 1.29 is 81.0 Å². The number of amides is 1. The first kappa shape index (κ1) is 36.4. The number of phosphoric ester groups is 1. The number of hydrogen-bond donors (Lipinski definition) is 9. The molecule has 11 N–H and O–H groups in total. The molecular formula is C20H30F2N2O15P2S2. The zero-order valence-corrected chi connectivity index (χ0v) is 25.3. The van der Waals surface area contributed by atoms with Crippen LogP contribution in [0.5, 0.6) is 0 Å². The molecule has 23 heteroatoms. The summed E-state index contributed by atoms with van der Waals surface area (Å²) >= 11 is 5.42. The number of primary amides is 1. The number of nitrogen functional groups attached to an aromatic ring is 1.